The fourth-order valence-corrected chi connectivity index (χ4v) is 6.40. The molecular weight excluding hydrogens is 408 g/mol. The van der Waals surface area contributed by atoms with Crippen molar-refractivity contribution in [3.05, 3.63) is 48.3 Å². The van der Waals surface area contributed by atoms with E-state index in [9.17, 15) is 8.42 Å². The molecule has 2 bridgehead atoms. The van der Waals surface area contributed by atoms with Crippen LogP contribution < -0.4 is 15.4 Å². The van der Waals surface area contributed by atoms with E-state index in [1.807, 2.05) is 18.2 Å². The lowest BCUT2D eigenvalue weighted by Crippen LogP contribution is -2.45. The van der Waals surface area contributed by atoms with Crippen LogP contribution in [0, 0.1) is 23.7 Å². The molecule has 1 heterocycles. The molecular formula is C24H34N4O2S. The van der Waals surface area contributed by atoms with Crippen molar-refractivity contribution < 1.29 is 8.42 Å². The Hall–Kier alpha value is -2.12. The Morgan fingerprint density at radius 1 is 1.00 bits per heavy atom. The van der Waals surface area contributed by atoms with Gasteiger partial charge in [-0.25, -0.2) is 13.1 Å². The Labute approximate surface area is 186 Å². The molecule has 5 atom stereocenters. The van der Waals surface area contributed by atoms with Crippen LogP contribution in [0.4, 0.5) is 11.4 Å². The number of benzene rings is 1. The molecule has 31 heavy (non-hydrogen) atoms. The molecule has 1 aromatic heterocycles. The number of nitrogens with zero attached hydrogens (tertiary/aromatic N) is 1. The third-order valence-electron chi connectivity index (χ3n) is 7.03. The van der Waals surface area contributed by atoms with Crippen molar-refractivity contribution in [3.63, 3.8) is 0 Å². The van der Waals surface area contributed by atoms with E-state index in [-0.39, 0.29) is 4.90 Å². The molecule has 168 valence electrons. The summed E-state index contributed by atoms with van der Waals surface area (Å²) < 4.78 is 27.2. The maximum atomic E-state index is 12.4. The topological polar surface area (TPSA) is 83.1 Å². The summed E-state index contributed by atoms with van der Waals surface area (Å²) in [7, 11) is -2.07. The quantitative estimate of drug-likeness (QED) is 0.589. The van der Waals surface area contributed by atoms with Gasteiger partial charge in [0, 0.05) is 25.0 Å². The van der Waals surface area contributed by atoms with Crippen LogP contribution in [0.5, 0.6) is 0 Å². The van der Waals surface area contributed by atoms with Gasteiger partial charge in [0.15, 0.2) is 0 Å². The maximum Gasteiger partial charge on any atom is 0.240 e. The monoisotopic (exact) mass is 442 g/mol. The molecule has 0 radical (unpaired) electrons. The molecule has 2 aliphatic carbocycles. The highest BCUT2D eigenvalue weighted by molar-refractivity contribution is 7.89. The van der Waals surface area contributed by atoms with E-state index in [1.54, 1.807) is 24.5 Å². The lowest BCUT2D eigenvalue weighted by Gasteiger charge is -2.47. The fourth-order valence-electron chi connectivity index (χ4n) is 5.64. The SMILES string of the molecule is CNS(=O)(=O)c1ccc(NC2C(C)CC3CC(C)CC2C3)c(NCc2ccncc2)c1. The van der Waals surface area contributed by atoms with E-state index >= 15 is 0 Å². The maximum absolute atomic E-state index is 12.4. The van der Waals surface area contributed by atoms with Crippen LogP contribution >= 0.6 is 0 Å². The van der Waals surface area contributed by atoms with Crippen LogP contribution in [-0.4, -0.2) is 26.5 Å². The van der Waals surface area contributed by atoms with E-state index in [0.29, 0.717) is 24.4 Å². The minimum atomic E-state index is -3.51. The second-order valence-electron chi connectivity index (χ2n) is 9.45. The molecule has 0 saturated heterocycles. The number of fused-ring (bicyclic) bond motifs is 2. The van der Waals surface area contributed by atoms with Crippen LogP contribution in [0.1, 0.15) is 45.1 Å². The van der Waals surface area contributed by atoms with Gasteiger partial charge in [-0.05, 0) is 92.3 Å². The molecule has 3 N–H and O–H groups in total. The van der Waals surface area contributed by atoms with Gasteiger partial charge in [0.25, 0.3) is 0 Å². The van der Waals surface area contributed by atoms with Gasteiger partial charge in [-0.3, -0.25) is 4.98 Å². The minimum absolute atomic E-state index is 0.265. The van der Waals surface area contributed by atoms with E-state index in [4.69, 9.17) is 0 Å². The van der Waals surface area contributed by atoms with Gasteiger partial charge in [0.1, 0.15) is 0 Å². The number of hydrogen-bond acceptors (Lipinski definition) is 5. The molecule has 2 aliphatic rings. The molecule has 7 heteroatoms. The summed E-state index contributed by atoms with van der Waals surface area (Å²) in [6.07, 6.45) is 8.74. The number of anilines is 2. The normalized spacial score (nSPS) is 28.2. The van der Waals surface area contributed by atoms with Crippen molar-refractivity contribution in [1.29, 1.82) is 0 Å². The Bertz CT molecular complexity index is 992. The Morgan fingerprint density at radius 2 is 1.77 bits per heavy atom. The third kappa shape index (κ3) is 5.04. The fraction of sp³-hybridized carbons (Fsp3) is 0.542. The minimum Gasteiger partial charge on any atom is -0.380 e. The first kappa shape index (κ1) is 22.1. The van der Waals surface area contributed by atoms with Gasteiger partial charge < -0.3 is 10.6 Å². The van der Waals surface area contributed by atoms with Gasteiger partial charge in [-0.1, -0.05) is 13.8 Å². The number of sulfonamides is 1. The average Bonchev–Trinajstić information content (AvgIpc) is 2.75. The smallest absolute Gasteiger partial charge is 0.240 e. The summed E-state index contributed by atoms with van der Waals surface area (Å²) in [5.41, 5.74) is 2.88. The summed E-state index contributed by atoms with van der Waals surface area (Å²) >= 11 is 0. The summed E-state index contributed by atoms with van der Waals surface area (Å²) in [5, 5.41) is 7.27. The molecule has 0 aliphatic heterocycles. The zero-order valence-electron chi connectivity index (χ0n) is 18.6. The van der Waals surface area contributed by atoms with Gasteiger partial charge in [0.05, 0.1) is 16.3 Å². The largest absolute Gasteiger partial charge is 0.380 e. The van der Waals surface area contributed by atoms with E-state index in [2.05, 4.69) is 34.2 Å². The standard InChI is InChI=1S/C24H34N4O2S/c1-16-10-19-12-17(2)24(20(11-16)13-19)28-22-5-4-21(31(29,30)25-3)14-23(22)27-15-18-6-8-26-9-7-18/h4-9,14,16-17,19-20,24-25,27-28H,10-13,15H2,1-3H3. The second-order valence-corrected chi connectivity index (χ2v) is 11.3. The Morgan fingerprint density at radius 3 is 2.52 bits per heavy atom. The third-order valence-corrected chi connectivity index (χ3v) is 8.44. The summed E-state index contributed by atoms with van der Waals surface area (Å²) in [4.78, 5) is 4.33. The lowest BCUT2D eigenvalue weighted by molar-refractivity contribution is 0.0964. The number of hydrogen-bond donors (Lipinski definition) is 3. The van der Waals surface area contributed by atoms with Gasteiger partial charge >= 0.3 is 0 Å². The van der Waals surface area contributed by atoms with Crippen LogP contribution in [0.15, 0.2) is 47.6 Å². The first-order valence-corrected chi connectivity index (χ1v) is 12.8. The van der Waals surface area contributed by atoms with Gasteiger partial charge in [-0.2, -0.15) is 0 Å². The number of pyridine rings is 1. The molecule has 4 rings (SSSR count). The first-order chi connectivity index (χ1) is 14.9. The van der Waals surface area contributed by atoms with E-state index in [1.165, 1.54) is 32.7 Å². The first-order valence-electron chi connectivity index (χ1n) is 11.3. The van der Waals surface area contributed by atoms with Crippen molar-refractivity contribution in [2.24, 2.45) is 23.7 Å². The summed E-state index contributed by atoms with van der Waals surface area (Å²) in [6.45, 7) is 5.34. The van der Waals surface area contributed by atoms with Crippen molar-refractivity contribution in [2.75, 3.05) is 17.7 Å². The lowest BCUT2D eigenvalue weighted by atomic mass is 9.63. The van der Waals surface area contributed by atoms with Crippen LogP contribution in [-0.2, 0) is 16.6 Å². The van der Waals surface area contributed by atoms with Crippen LogP contribution in [0.2, 0.25) is 0 Å². The van der Waals surface area contributed by atoms with Crippen molar-refractivity contribution in [2.45, 2.75) is 57.0 Å². The van der Waals surface area contributed by atoms with Crippen molar-refractivity contribution >= 4 is 21.4 Å². The predicted octanol–water partition coefficient (Wildman–Crippen LogP) is 4.47. The van der Waals surface area contributed by atoms with E-state index in [0.717, 1.165) is 28.8 Å². The predicted molar refractivity (Wildman–Crippen MR) is 125 cm³/mol. The Kier molecular flexibility index (Phi) is 6.53. The number of nitrogens with one attached hydrogen (secondary N) is 3. The zero-order valence-corrected chi connectivity index (χ0v) is 19.5. The highest BCUT2D eigenvalue weighted by Gasteiger charge is 2.40. The highest BCUT2D eigenvalue weighted by atomic mass is 32.2. The molecule has 5 unspecified atom stereocenters. The molecule has 2 aromatic rings. The average molecular weight is 443 g/mol. The van der Waals surface area contributed by atoms with Crippen LogP contribution in [0.25, 0.3) is 0 Å². The number of aromatic nitrogens is 1. The highest BCUT2D eigenvalue weighted by Crippen LogP contribution is 2.46. The van der Waals surface area contributed by atoms with Gasteiger partial charge in [0.2, 0.25) is 10.0 Å². The van der Waals surface area contributed by atoms with Gasteiger partial charge in [-0.15, -0.1) is 0 Å². The van der Waals surface area contributed by atoms with Crippen molar-refractivity contribution in [1.82, 2.24) is 9.71 Å². The summed E-state index contributed by atoms with van der Waals surface area (Å²) in [5.74, 6) is 2.92. The second kappa shape index (κ2) is 9.17. The van der Waals surface area contributed by atoms with Crippen LogP contribution in [0.3, 0.4) is 0 Å². The van der Waals surface area contributed by atoms with Crippen molar-refractivity contribution in [3.8, 4) is 0 Å². The molecule has 0 spiro atoms. The van der Waals surface area contributed by atoms with E-state index < -0.39 is 10.0 Å². The molecule has 6 nitrogen and oxygen atoms in total. The Balaban J connectivity index is 1.60. The molecule has 2 saturated carbocycles. The number of rotatable bonds is 7. The molecule has 2 fully saturated rings. The summed E-state index contributed by atoms with van der Waals surface area (Å²) in [6, 6.07) is 9.65. The molecule has 1 aromatic carbocycles. The molecule has 0 amide bonds. The zero-order chi connectivity index (χ0) is 22.0.